The Labute approximate surface area is 85.0 Å². The summed E-state index contributed by atoms with van der Waals surface area (Å²) in [4.78, 5) is 0. The van der Waals surface area contributed by atoms with E-state index < -0.39 is 0 Å². The molecule has 0 amide bonds. The molecule has 0 radical (unpaired) electrons. The zero-order valence-corrected chi connectivity index (χ0v) is 8.32. The molecule has 1 aliphatic rings. The lowest BCUT2D eigenvalue weighted by atomic mass is 10.0. The third-order valence-corrected chi connectivity index (χ3v) is 3.02. The molecule has 76 valence electrons. The monoisotopic (exact) mass is 191 g/mol. The van der Waals surface area contributed by atoms with Crippen LogP contribution in [0.4, 0.5) is 5.69 Å². The fraction of sp³-hybridized carbons (Fsp3) is 0.500. The Bertz CT molecular complexity index is 273. The highest BCUT2D eigenvalue weighted by Gasteiger charge is 2.25. The Morgan fingerprint density at radius 1 is 1.21 bits per heavy atom. The van der Waals surface area contributed by atoms with Crippen LogP contribution in [0.1, 0.15) is 19.3 Å². The average Bonchev–Trinajstić information content (AvgIpc) is 2.67. The minimum Gasteiger partial charge on any atom is -0.396 e. The highest BCUT2D eigenvalue weighted by atomic mass is 16.3. The summed E-state index contributed by atoms with van der Waals surface area (Å²) >= 11 is 0. The van der Waals surface area contributed by atoms with E-state index in [2.05, 4.69) is 17.4 Å². The molecule has 0 spiro atoms. The van der Waals surface area contributed by atoms with E-state index in [-0.39, 0.29) is 0 Å². The van der Waals surface area contributed by atoms with E-state index in [1.54, 1.807) is 0 Å². The van der Waals surface area contributed by atoms with E-state index in [1.165, 1.54) is 12.8 Å². The van der Waals surface area contributed by atoms with Crippen LogP contribution in [0.2, 0.25) is 0 Å². The second-order valence-electron chi connectivity index (χ2n) is 3.99. The van der Waals surface area contributed by atoms with E-state index in [0.717, 1.165) is 12.1 Å². The van der Waals surface area contributed by atoms with Crippen LogP contribution in [0.5, 0.6) is 0 Å². The summed E-state index contributed by atoms with van der Waals surface area (Å²) in [6.07, 6.45) is 3.57. The summed E-state index contributed by atoms with van der Waals surface area (Å²) in [5.41, 5.74) is 1.16. The molecule has 2 rings (SSSR count). The summed E-state index contributed by atoms with van der Waals surface area (Å²) in [7, 11) is 0. The van der Waals surface area contributed by atoms with Crippen molar-refractivity contribution in [2.24, 2.45) is 5.92 Å². The van der Waals surface area contributed by atoms with E-state index in [4.69, 9.17) is 0 Å². The van der Waals surface area contributed by atoms with Gasteiger partial charge in [-0.15, -0.1) is 0 Å². The molecule has 2 N–H and O–H groups in total. The normalized spacial score (nSPS) is 26.4. The number of nitrogens with one attached hydrogen (secondary N) is 1. The number of rotatable bonds is 3. The molecule has 1 aliphatic carbocycles. The lowest BCUT2D eigenvalue weighted by Crippen LogP contribution is -2.26. The quantitative estimate of drug-likeness (QED) is 0.768. The van der Waals surface area contributed by atoms with Crippen LogP contribution < -0.4 is 5.32 Å². The van der Waals surface area contributed by atoms with Crippen LogP contribution in [0.25, 0.3) is 0 Å². The molecule has 0 saturated heterocycles. The van der Waals surface area contributed by atoms with Crippen molar-refractivity contribution in [1.29, 1.82) is 0 Å². The molecule has 0 unspecified atom stereocenters. The van der Waals surface area contributed by atoms with Crippen LogP contribution in [0.3, 0.4) is 0 Å². The molecule has 1 aromatic carbocycles. The van der Waals surface area contributed by atoms with Gasteiger partial charge in [-0.05, 0) is 25.0 Å². The largest absolute Gasteiger partial charge is 0.396 e. The Kier molecular flexibility index (Phi) is 3.04. The predicted molar refractivity (Wildman–Crippen MR) is 58.3 cm³/mol. The Balaban J connectivity index is 1.97. The first kappa shape index (κ1) is 9.53. The fourth-order valence-corrected chi connectivity index (χ4v) is 2.19. The summed E-state index contributed by atoms with van der Waals surface area (Å²) < 4.78 is 0. The third kappa shape index (κ3) is 2.07. The molecule has 0 aliphatic heterocycles. The number of anilines is 1. The first-order chi connectivity index (χ1) is 6.90. The standard InChI is InChI=1S/C12H17NO/c14-9-10-5-4-8-12(10)13-11-6-2-1-3-7-11/h1-3,6-7,10,12-14H,4-5,8-9H2/t10-,12-/m0/s1. The average molecular weight is 191 g/mol. The second kappa shape index (κ2) is 4.47. The molecule has 0 heterocycles. The summed E-state index contributed by atoms with van der Waals surface area (Å²) in [6, 6.07) is 10.7. The van der Waals surface area contributed by atoms with Gasteiger partial charge in [0.1, 0.15) is 0 Å². The highest BCUT2D eigenvalue weighted by molar-refractivity contribution is 5.43. The van der Waals surface area contributed by atoms with Gasteiger partial charge < -0.3 is 10.4 Å². The van der Waals surface area contributed by atoms with Crippen LogP contribution in [-0.4, -0.2) is 17.8 Å². The summed E-state index contributed by atoms with van der Waals surface area (Å²) in [5.74, 6) is 0.440. The molecule has 2 heteroatoms. The molecule has 1 saturated carbocycles. The summed E-state index contributed by atoms with van der Waals surface area (Å²) in [6.45, 7) is 0.310. The van der Waals surface area contributed by atoms with Gasteiger partial charge in [-0.2, -0.15) is 0 Å². The molecular formula is C12H17NO. The van der Waals surface area contributed by atoms with Gasteiger partial charge in [0.15, 0.2) is 0 Å². The third-order valence-electron chi connectivity index (χ3n) is 3.02. The molecule has 0 aromatic heterocycles. The van der Waals surface area contributed by atoms with Crippen LogP contribution in [-0.2, 0) is 0 Å². The Morgan fingerprint density at radius 3 is 2.71 bits per heavy atom. The van der Waals surface area contributed by atoms with Crippen molar-refractivity contribution in [2.75, 3.05) is 11.9 Å². The first-order valence-electron chi connectivity index (χ1n) is 5.32. The van der Waals surface area contributed by atoms with Crippen LogP contribution in [0.15, 0.2) is 30.3 Å². The maximum atomic E-state index is 9.17. The van der Waals surface area contributed by atoms with Crippen LogP contribution >= 0.6 is 0 Å². The SMILES string of the molecule is OC[C@@H]1CCC[C@@H]1Nc1ccccc1. The van der Waals surface area contributed by atoms with Gasteiger partial charge in [0, 0.05) is 24.3 Å². The van der Waals surface area contributed by atoms with Crippen molar-refractivity contribution < 1.29 is 5.11 Å². The lowest BCUT2D eigenvalue weighted by molar-refractivity contribution is 0.222. The second-order valence-corrected chi connectivity index (χ2v) is 3.99. The van der Waals surface area contributed by atoms with Crippen molar-refractivity contribution in [3.63, 3.8) is 0 Å². The van der Waals surface area contributed by atoms with Gasteiger partial charge in [0.05, 0.1) is 0 Å². The molecular weight excluding hydrogens is 174 g/mol. The maximum absolute atomic E-state index is 9.17. The molecule has 14 heavy (non-hydrogen) atoms. The fourth-order valence-electron chi connectivity index (χ4n) is 2.19. The molecule has 2 nitrogen and oxygen atoms in total. The predicted octanol–water partition coefficient (Wildman–Crippen LogP) is 2.26. The lowest BCUT2D eigenvalue weighted by Gasteiger charge is -2.20. The van der Waals surface area contributed by atoms with Crippen molar-refractivity contribution >= 4 is 5.69 Å². The zero-order chi connectivity index (χ0) is 9.80. The molecule has 1 fully saturated rings. The number of benzene rings is 1. The smallest absolute Gasteiger partial charge is 0.0478 e. The topological polar surface area (TPSA) is 32.3 Å². The van der Waals surface area contributed by atoms with Crippen molar-refractivity contribution in [2.45, 2.75) is 25.3 Å². The number of hydrogen-bond acceptors (Lipinski definition) is 2. The van der Waals surface area contributed by atoms with Gasteiger partial charge in [0.25, 0.3) is 0 Å². The Hall–Kier alpha value is -1.02. The van der Waals surface area contributed by atoms with Gasteiger partial charge in [-0.25, -0.2) is 0 Å². The Morgan fingerprint density at radius 2 is 2.00 bits per heavy atom. The van der Waals surface area contributed by atoms with Gasteiger partial charge in [-0.1, -0.05) is 24.6 Å². The maximum Gasteiger partial charge on any atom is 0.0478 e. The number of aliphatic hydroxyl groups excluding tert-OH is 1. The van der Waals surface area contributed by atoms with E-state index in [1.807, 2.05) is 18.2 Å². The van der Waals surface area contributed by atoms with E-state index >= 15 is 0 Å². The number of para-hydroxylation sites is 1. The first-order valence-corrected chi connectivity index (χ1v) is 5.32. The van der Waals surface area contributed by atoms with Gasteiger partial charge in [0.2, 0.25) is 0 Å². The minimum absolute atomic E-state index is 0.310. The van der Waals surface area contributed by atoms with Crippen molar-refractivity contribution in [3.05, 3.63) is 30.3 Å². The molecule has 2 atom stereocenters. The zero-order valence-electron chi connectivity index (χ0n) is 8.32. The summed E-state index contributed by atoms with van der Waals surface area (Å²) in [5, 5.41) is 12.7. The van der Waals surface area contributed by atoms with Crippen molar-refractivity contribution in [1.82, 2.24) is 0 Å². The molecule has 0 bridgehead atoms. The van der Waals surface area contributed by atoms with E-state index in [0.29, 0.717) is 18.6 Å². The molecule has 1 aromatic rings. The minimum atomic E-state index is 0.310. The highest BCUT2D eigenvalue weighted by Crippen LogP contribution is 2.27. The number of aliphatic hydroxyl groups is 1. The van der Waals surface area contributed by atoms with E-state index in [9.17, 15) is 5.11 Å². The van der Waals surface area contributed by atoms with Gasteiger partial charge >= 0.3 is 0 Å². The van der Waals surface area contributed by atoms with Crippen LogP contribution in [0, 0.1) is 5.92 Å². The number of hydrogen-bond donors (Lipinski definition) is 2. The van der Waals surface area contributed by atoms with Crippen molar-refractivity contribution in [3.8, 4) is 0 Å². The van der Waals surface area contributed by atoms with Gasteiger partial charge in [-0.3, -0.25) is 0 Å².